The van der Waals surface area contributed by atoms with E-state index >= 15 is 0 Å². The van der Waals surface area contributed by atoms with Crippen LogP contribution in [0, 0.1) is 0 Å². The zero-order valence-corrected chi connectivity index (χ0v) is 7.96. The van der Waals surface area contributed by atoms with Gasteiger partial charge in [0.25, 0.3) is 0 Å². The highest BCUT2D eigenvalue weighted by Gasteiger charge is 2.15. The quantitative estimate of drug-likeness (QED) is 0.469. The van der Waals surface area contributed by atoms with Gasteiger partial charge in [-0.15, -0.1) is 0 Å². The standard InChI is InChI=1S/C4H11NO3P2/c1-8-4(7)3(6)2-5(9)10/h3,6H,2,9-10H2,1H3/t3-/m0/s1. The molecule has 6 heteroatoms. The van der Waals surface area contributed by atoms with Gasteiger partial charge in [-0.25, -0.2) is 4.79 Å². The van der Waals surface area contributed by atoms with Crippen LogP contribution >= 0.6 is 18.8 Å². The minimum absolute atomic E-state index is 0.224. The molecule has 1 N–H and O–H groups in total. The third-order valence-corrected chi connectivity index (χ3v) is 1.28. The van der Waals surface area contributed by atoms with Crippen LogP contribution in [0.2, 0.25) is 0 Å². The van der Waals surface area contributed by atoms with E-state index < -0.39 is 12.1 Å². The topological polar surface area (TPSA) is 49.8 Å². The Bertz CT molecular complexity index is 119. The third kappa shape index (κ3) is 4.13. The first-order valence-electron chi connectivity index (χ1n) is 2.60. The number of ether oxygens (including phenoxy) is 1. The normalized spacial score (nSPS) is 13.3. The van der Waals surface area contributed by atoms with Crippen molar-refractivity contribution in [2.45, 2.75) is 6.10 Å². The Morgan fingerprint density at radius 1 is 1.80 bits per heavy atom. The van der Waals surface area contributed by atoms with E-state index in [9.17, 15) is 4.79 Å². The zero-order valence-electron chi connectivity index (χ0n) is 5.65. The van der Waals surface area contributed by atoms with Gasteiger partial charge in [-0.05, 0) is 0 Å². The van der Waals surface area contributed by atoms with E-state index in [1.807, 2.05) is 0 Å². The maximum absolute atomic E-state index is 10.5. The number of aliphatic hydroxyl groups is 1. The Morgan fingerprint density at radius 2 is 2.30 bits per heavy atom. The van der Waals surface area contributed by atoms with Crippen LogP contribution in [0.25, 0.3) is 0 Å². The number of methoxy groups -OCH3 is 1. The summed E-state index contributed by atoms with van der Waals surface area (Å²) in [7, 11) is 5.83. The molecule has 0 saturated carbocycles. The van der Waals surface area contributed by atoms with E-state index in [-0.39, 0.29) is 6.54 Å². The molecule has 0 rings (SSSR count). The molecule has 4 nitrogen and oxygen atoms in total. The summed E-state index contributed by atoms with van der Waals surface area (Å²) in [6.07, 6.45) is -1.07. The highest BCUT2D eigenvalue weighted by molar-refractivity contribution is 7.30. The lowest BCUT2D eigenvalue weighted by atomic mass is 10.4. The summed E-state index contributed by atoms with van der Waals surface area (Å²) < 4.78 is 5.82. The second kappa shape index (κ2) is 4.97. The molecule has 0 aromatic carbocycles. The second-order valence-electron chi connectivity index (χ2n) is 1.74. The van der Waals surface area contributed by atoms with Gasteiger partial charge in [0.1, 0.15) is 0 Å². The van der Waals surface area contributed by atoms with E-state index in [0.717, 1.165) is 0 Å². The second-order valence-corrected chi connectivity index (χ2v) is 3.66. The summed E-state index contributed by atoms with van der Waals surface area (Å²) in [6, 6.07) is 0. The van der Waals surface area contributed by atoms with Crippen LogP contribution in [-0.4, -0.2) is 35.3 Å². The number of carbonyl (C=O) groups is 1. The van der Waals surface area contributed by atoms with Gasteiger partial charge in [-0.3, -0.25) is 4.44 Å². The Kier molecular flexibility index (Phi) is 5.10. The zero-order chi connectivity index (χ0) is 8.15. The summed E-state index contributed by atoms with van der Waals surface area (Å²) in [4.78, 5) is 10.5. The van der Waals surface area contributed by atoms with Gasteiger partial charge in [-0.2, -0.15) is 0 Å². The van der Waals surface area contributed by atoms with E-state index in [1.54, 1.807) is 4.44 Å². The highest BCUT2D eigenvalue weighted by atomic mass is 31.1. The molecule has 0 spiro atoms. The fourth-order valence-corrected chi connectivity index (χ4v) is 0.810. The number of hydrogen-bond acceptors (Lipinski definition) is 4. The molecular weight excluding hydrogens is 172 g/mol. The summed E-state index contributed by atoms with van der Waals surface area (Å²) in [5, 5.41) is 8.95. The molecule has 0 fully saturated rings. The summed E-state index contributed by atoms with van der Waals surface area (Å²) in [5.41, 5.74) is 0. The van der Waals surface area contributed by atoms with Gasteiger partial charge in [0.2, 0.25) is 0 Å². The molecule has 0 amide bonds. The minimum Gasteiger partial charge on any atom is -0.467 e. The lowest BCUT2D eigenvalue weighted by Gasteiger charge is -2.12. The predicted molar refractivity (Wildman–Crippen MR) is 44.1 cm³/mol. The van der Waals surface area contributed by atoms with Crippen LogP contribution in [0.5, 0.6) is 0 Å². The molecule has 10 heavy (non-hydrogen) atoms. The molecule has 0 aromatic heterocycles. The molecule has 0 radical (unpaired) electrons. The first-order valence-corrected chi connectivity index (χ1v) is 3.64. The Hall–Kier alpha value is 0.250. The largest absolute Gasteiger partial charge is 0.467 e. The first-order chi connectivity index (χ1) is 4.57. The van der Waals surface area contributed by atoms with Crippen molar-refractivity contribution in [1.29, 1.82) is 0 Å². The summed E-state index contributed by atoms with van der Waals surface area (Å²) in [6.45, 7) is 0.224. The molecule has 0 aliphatic carbocycles. The maximum Gasteiger partial charge on any atom is 0.336 e. The first kappa shape index (κ1) is 10.2. The van der Waals surface area contributed by atoms with Gasteiger partial charge in [0.05, 0.1) is 7.11 Å². The van der Waals surface area contributed by atoms with Crippen LogP contribution in [0.1, 0.15) is 0 Å². The van der Waals surface area contributed by atoms with E-state index in [2.05, 4.69) is 23.5 Å². The fraction of sp³-hybridized carbons (Fsp3) is 0.750. The number of esters is 1. The van der Waals surface area contributed by atoms with Gasteiger partial charge < -0.3 is 9.84 Å². The summed E-state index contributed by atoms with van der Waals surface area (Å²) in [5.74, 6) is -0.616. The number of hydrogen-bond donors (Lipinski definition) is 1. The van der Waals surface area contributed by atoms with Gasteiger partial charge in [0, 0.05) is 6.54 Å². The van der Waals surface area contributed by atoms with Gasteiger partial charge in [0.15, 0.2) is 6.10 Å². The number of aliphatic hydroxyl groups excluding tert-OH is 1. The molecule has 3 atom stereocenters. The van der Waals surface area contributed by atoms with E-state index in [4.69, 9.17) is 5.11 Å². The smallest absolute Gasteiger partial charge is 0.336 e. The minimum atomic E-state index is -1.07. The Labute approximate surface area is 64.4 Å². The van der Waals surface area contributed by atoms with Crippen molar-refractivity contribution in [3.8, 4) is 0 Å². The van der Waals surface area contributed by atoms with Crippen molar-refractivity contribution < 1.29 is 14.6 Å². The molecule has 0 bridgehead atoms. The van der Waals surface area contributed by atoms with Gasteiger partial charge in [-0.1, -0.05) is 18.8 Å². The van der Waals surface area contributed by atoms with Crippen molar-refractivity contribution in [1.82, 2.24) is 4.44 Å². The van der Waals surface area contributed by atoms with Crippen molar-refractivity contribution >= 4 is 24.8 Å². The van der Waals surface area contributed by atoms with Crippen molar-refractivity contribution in [3.63, 3.8) is 0 Å². The van der Waals surface area contributed by atoms with Crippen LogP contribution in [-0.2, 0) is 9.53 Å². The summed E-state index contributed by atoms with van der Waals surface area (Å²) >= 11 is 0. The molecule has 2 unspecified atom stereocenters. The number of nitrogens with zero attached hydrogens (tertiary/aromatic N) is 1. The average Bonchev–Trinajstić information content (AvgIpc) is 1.85. The number of rotatable bonds is 3. The molecular formula is C4H11NO3P2. The Morgan fingerprint density at radius 3 is 2.60 bits per heavy atom. The average molecular weight is 183 g/mol. The van der Waals surface area contributed by atoms with E-state index in [0.29, 0.717) is 0 Å². The monoisotopic (exact) mass is 183 g/mol. The lowest BCUT2D eigenvalue weighted by molar-refractivity contribution is -0.150. The number of carbonyl (C=O) groups excluding carboxylic acids is 1. The van der Waals surface area contributed by atoms with Crippen molar-refractivity contribution in [2.75, 3.05) is 13.7 Å². The third-order valence-electron chi connectivity index (χ3n) is 0.857. The fourth-order valence-electron chi connectivity index (χ4n) is 0.410. The van der Waals surface area contributed by atoms with Crippen LogP contribution in [0.4, 0.5) is 0 Å². The molecule has 0 heterocycles. The lowest BCUT2D eigenvalue weighted by Crippen LogP contribution is -2.29. The van der Waals surface area contributed by atoms with Crippen molar-refractivity contribution in [2.24, 2.45) is 0 Å². The maximum atomic E-state index is 10.5. The molecule has 60 valence electrons. The van der Waals surface area contributed by atoms with Crippen LogP contribution in [0.15, 0.2) is 0 Å². The van der Waals surface area contributed by atoms with Crippen molar-refractivity contribution in [3.05, 3.63) is 0 Å². The predicted octanol–water partition coefficient (Wildman–Crippen LogP) is -0.598. The van der Waals surface area contributed by atoms with E-state index in [1.165, 1.54) is 7.11 Å². The molecule has 0 aliphatic rings. The van der Waals surface area contributed by atoms with Crippen LogP contribution < -0.4 is 0 Å². The Balaban J connectivity index is 3.61. The van der Waals surface area contributed by atoms with Crippen LogP contribution in [0.3, 0.4) is 0 Å². The molecule has 0 aliphatic heterocycles. The molecule has 0 aromatic rings. The highest BCUT2D eigenvalue weighted by Crippen LogP contribution is 2.06. The SMILES string of the molecule is COC(=O)[C@@H](O)CN(P)P. The molecule has 0 saturated heterocycles. The van der Waals surface area contributed by atoms with Gasteiger partial charge >= 0.3 is 5.97 Å².